The third kappa shape index (κ3) is 4.29. The molecule has 0 radical (unpaired) electrons. The van der Waals surface area contributed by atoms with Crippen molar-refractivity contribution in [2.24, 2.45) is 0 Å². The van der Waals surface area contributed by atoms with Crippen LogP contribution in [0.4, 0.5) is 5.69 Å². The van der Waals surface area contributed by atoms with Gasteiger partial charge in [-0.2, -0.15) is 0 Å². The van der Waals surface area contributed by atoms with Crippen LogP contribution in [0.1, 0.15) is 5.82 Å². The lowest BCUT2D eigenvalue weighted by Crippen LogP contribution is -2.14. The fraction of sp³-hybridized carbons (Fsp3) is 0.312. The van der Waals surface area contributed by atoms with Crippen LogP contribution in [0.15, 0.2) is 36.0 Å². The van der Waals surface area contributed by atoms with E-state index in [1.165, 1.54) is 11.8 Å². The summed E-state index contributed by atoms with van der Waals surface area (Å²) in [5.74, 6) is 2.04. The number of aromatic nitrogens is 3. The summed E-state index contributed by atoms with van der Waals surface area (Å²) in [4.78, 5) is 12.1. The molecule has 1 amide bonds. The molecule has 24 heavy (non-hydrogen) atoms. The summed E-state index contributed by atoms with van der Waals surface area (Å²) in [5, 5.41) is 11.6. The van der Waals surface area contributed by atoms with E-state index in [0.717, 1.165) is 5.82 Å². The average molecular weight is 348 g/mol. The standard InChI is InChI=1S/C16H20N4O3S/c1-5-8-20-11(2)18-19-16(20)24-10-15(21)17-12-6-7-13(22-3)14(9-12)23-4/h5-7,9H,1,8,10H2,2-4H3,(H,17,21). The van der Waals surface area contributed by atoms with E-state index in [1.807, 2.05) is 11.5 Å². The van der Waals surface area contributed by atoms with Crippen molar-refractivity contribution in [3.05, 3.63) is 36.7 Å². The molecule has 0 saturated carbocycles. The second-order valence-electron chi connectivity index (χ2n) is 4.84. The van der Waals surface area contributed by atoms with Crippen molar-refractivity contribution < 1.29 is 14.3 Å². The fourth-order valence-corrected chi connectivity index (χ4v) is 2.84. The number of methoxy groups -OCH3 is 2. The third-order valence-corrected chi connectivity index (χ3v) is 4.18. The zero-order valence-electron chi connectivity index (χ0n) is 13.9. The van der Waals surface area contributed by atoms with Crippen LogP contribution in [0.25, 0.3) is 0 Å². The van der Waals surface area contributed by atoms with Crippen molar-refractivity contribution in [2.45, 2.75) is 18.6 Å². The molecule has 0 atom stereocenters. The number of nitrogens with zero attached hydrogens (tertiary/aromatic N) is 3. The average Bonchev–Trinajstić information content (AvgIpc) is 2.93. The molecule has 7 nitrogen and oxygen atoms in total. The van der Waals surface area contributed by atoms with Gasteiger partial charge in [-0.3, -0.25) is 4.79 Å². The maximum atomic E-state index is 12.1. The zero-order valence-corrected chi connectivity index (χ0v) is 14.7. The number of hydrogen-bond donors (Lipinski definition) is 1. The molecule has 128 valence electrons. The highest BCUT2D eigenvalue weighted by atomic mass is 32.2. The van der Waals surface area contributed by atoms with Gasteiger partial charge in [0.15, 0.2) is 16.7 Å². The van der Waals surface area contributed by atoms with Gasteiger partial charge in [0.1, 0.15) is 5.82 Å². The van der Waals surface area contributed by atoms with E-state index in [9.17, 15) is 4.79 Å². The quantitative estimate of drug-likeness (QED) is 0.583. The molecule has 0 fully saturated rings. The van der Waals surface area contributed by atoms with Crippen LogP contribution in [0.5, 0.6) is 11.5 Å². The van der Waals surface area contributed by atoms with Crippen LogP contribution in [-0.4, -0.2) is 40.6 Å². The minimum absolute atomic E-state index is 0.141. The summed E-state index contributed by atoms with van der Waals surface area (Å²) >= 11 is 1.33. The second-order valence-corrected chi connectivity index (χ2v) is 5.78. The summed E-state index contributed by atoms with van der Waals surface area (Å²) in [6.07, 6.45) is 1.77. The molecule has 2 aromatic rings. The predicted molar refractivity (Wildman–Crippen MR) is 93.9 cm³/mol. The predicted octanol–water partition coefficient (Wildman–Crippen LogP) is 2.52. The number of ether oxygens (including phenoxy) is 2. The van der Waals surface area contributed by atoms with E-state index < -0.39 is 0 Å². The Bertz CT molecular complexity index is 730. The van der Waals surface area contributed by atoms with Gasteiger partial charge in [-0.05, 0) is 19.1 Å². The number of carbonyl (C=O) groups is 1. The molecule has 1 aromatic heterocycles. The molecule has 0 saturated heterocycles. The maximum absolute atomic E-state index is 12.1. The number of anilines is 1. The normalized spacial score (nSPS) is 10.3. The Morgan fingerprint density at radius 2 is 2.08 bits per heavy atom. The van der Waals surface area contributed by atoms with E-state index in [2.05, 4.69) is 22.1 Å². The Balaban J connectivity index is 1.98. The molecule has 0 bridgehead atoms. The SMILES string of the molecule is C=CCn1c(C)nnc1SCC(=O)Nc1ccc(OC)c(OC)c1. The third-order valence-electron chi connectivity index (χ3n) is 3.21. The summed E-state index contributed by atoms with van der Waals surface area (Å²) < 4.78 is 12.3. The number of thioether (sulfide) groups is 1. The van der Waals surface area contributed by atoms with Crippen LogP contribution in [0, 0.1) is 6.92 Å². The largest absolute Gasteiger partial charge is 0.493 e. The minimum Gasteiger partial charge on any atom is -0.493 e. The van der Waals surface area contributed by atoms with Gasteiger partial charge in [0.25, 0.3) is 0 Å². The molecule has 2 rings (SSSR count). The first-order valence-electron chi connectivity index (χ1n) is 7.24. The summed E-state index contributed by atoms with van der Waals surface area (Å²) in [6, 6.07) is 5.21. The summed E-state index contributed by atoms with van der Waals surface area (Å²) in [7, 11) is 3.11. The first-order valence-corrected chi connectivity index (χ1v) is 8.23. The van der Waals surface area contributed by atoms with Gasteiger partial charge in [0, 0.05) is 18.3 Å². The number of nitrogens with one attached hydrogen (secondary N) is 1. The second kappa shape index (κ2) is 8.39. The molecule has 0 aliphatic carbocycles. The Kier molecular flexibility index (Phi) is 6.25. The van der Waals surface area contributed by atoms with Gasteiger partial charge in [-0.1, -0.05) is 17.8 Å². The van der Waals surface area contributed by atoms with E-state index in [-0.39, 0.29) is 11.7 Å². The van der Waals surface area contributed by atoms with Crippen molar-refractivity contribution in [2.75, 3.05) is 25.3 Å². The van der Waals surface area contributed by atoms with Gasteiger partial charge < -0.3 is 19.4 Å². The molecular weight excluding hydrogens is 328 g/mol. The van der Waals surface area contributed by atoms with Crippen molar-refractivity contribution in [3.8, 4) is 11.5 Å². The van der Waals surface area contributed by atoms with Gasteiger partial charge >= 0.3 is 0 Å². The van der Waals surface area contributed by atoms with E-state index >= 15 is 0 Å². The number of carbonyl (C=O) groups excluding carboxylic acids is 1. The zero-order chi connectivity index (χ0) is 17.5. The van der Waals surface area contributed by atoms with Crippen LogP contribution in [-0.2, 0) is 11.3 Å². The van der Waals surface area contributed by atoms with E-state index in [1.54, 1.807) is 38.5 Å². The maximum Gasteiger partial charge on any atom is 0.234 e. The highest BCUT2D eigenvalue weighted by Gasteiger charge is 2.12. The minimum atomic E-state index is -0.141. The van der Waals surface area contributed by atoms with Crippen molar-refractivity contribution in [3.63, 3.8) is 0 Å². The van der Waals surface area contributed by atoms with Crippen LogP contribution in [0.3, 0.4) is 0 Å². The molecule has 1 heterocycles. The Hall–Kier alpha value is -2.48. The number of hydrogen-bond acceptors (Lipinski definition) is 6. The Morgan fingerprint density at radius 1 is 1.33 bits per heavy atom. The monoisotopic (exact) mass is 348 g/mol. The molecule has 0 unspecified atom stereocenters. The van der Waals surface area contributed by atoms with E-state index in [4.69, 9.17) is 9.47 Å². The lowest BCUT2D eigenvalue weighted by Gasteiger charge is -2.10. The van der Waals surface area contributed by atoms with Crippen molar-refractivity contribution in [1.29, 1.82) is 0 Å². The van der Waals surface area contributed by atoms with E-state index in [0.29, 0.717) is 28.9 Å². The number of aryl methyl sites for hydroxylation is 1. The van der Waals surface area contributed by atoms with Crippen LogP contribution >= 0.6 is 11.8 Å². The fourth-order valence-electron chi connectivity index (χ4n) is 2.05. The highest BCUT2D eigenvalue weighted by Crippen LogP contribution is 2.29. The number of allylic oxidation sites excluding steroid dienone is 1. The van der Waals surface area contributed by atoms with Crippen LogP contribution < -0.4 is 14.8 Å². The van der Waals surface area contributed by atoms with Crippen molar-refractivity contribution in [1.82, 2.24) is 14.8 Å². The topological polar surface area (TPSA) is 78.3 Å². The molecule has 1 N–H and O–H groups in total. The lowest BCUT2D eigenvalue weighted by molar-refractivity contribution is -0.113. The molecule has 0 spiro atoms. The summed E-state index contributed by atoms with van der Waals surface area (Å²) in [6.45, 7) is 6.19. The van der Waals surface area contributed by atoms with Crippen molar-refractivity contribution >= 4 is 23.4 Å². The Morgan fingerprint density at radius 3 is 2.75 bits per heavy atom. The smallest absolute Gasteiger partial charge is 0.234 e. The van der Waals surface area contributed by atoms with Gasteiger partial charge in [0.05, 0.1) is 20.0 Å². The number of rotatable bonds is 8. The lowest BCUT2D eigenvalue weighted by atomic mass is 10.2. The summed E-state index contributed by atoms with van der Waals surface area (Å²) in [5.41, 5.74) is 0.641. The first kappa shape index (κ1) is 17.9. The van der Waals surface area contributed by atoms with Gasteiger partial charge in [-0.25, -0.2) is 0 Å². The highest BCUT2D eigenvalue weighted by molar-refractivity contribution is 7.99. The van der Waals surface area contributed by atoms with Gasteiger partial charge in [0.2, 0.25) is 5.91 Å². The molecular formula is C16H20N4O3S. The molecule has 0 aliphatic rings. The number of benzene rings is 1. The number of amides is 1. The van der Waals surface area contributed by atoms with Gasteiger partial charge in [-0.15, -0.1) is 16.8 Å². The Labute approximate surface area is 145 Å². The molecule has 0 aliphatic heterocycles. The molecule has 1 aromatic carbocycles. The molecule has 8 heteroatoms. The van der Waals surface area contributed by atoms with Crippen LogP contribution in [0.2, 0.25) is 0 Å². The first-order chi connectivity index (χ1) is 11.6.